The zero-order valence-electron chi connectivity index (χ0n) is 16.4. The van der Waals surface area contributed by atoms with Crippen LogP contribution in [0.5, 0.6) is 0 Å². The molecule has 2 aliphatic rings. The molecule has 0 aliphatic heterocycles. The van der Waals surface area contributed by atoms with Gasteiger partial charge in [0, 0.05) is 19.4 Å². The average molecular weight is 391 g/mol. The minimum atomic E-state index is -3.45. The lowest BCUT2D eigenvalue weighted by molar-refractivity contribution is -0.143. The van der Waals surface area contributed by atoms with Crippen LogP contribution in [0.1, 0.15) is 59.3 Å². The Hall–Kier alpha value is -0.660. The molecule has 2 aliphatic carbocycles. The lowest BCUT2D eigenvalue weighted by atomic mass is 9.61. The van der Waals surface area contributed by atoms with Crippen LogP contribution in [0.3, 0.4) is 0 Å². The molecular weight excluding hydrogens is 356 g/mol. The largest absolute Gasteiger partial charge is 0.465 e. The molecule has 6 atom stereocenters. The molecule has 1 unspecified atom stereocenters. The van der Waals surface area contributed by atoms with E-state index in [1.54, 1.807) is 0 Å². The zero-order valence-corrected chi connectivity index (χ0v) is 17.3. The van der Waals surface area contributed by atoms with Gasteiger partial charge in [-0.05, 0) is 55.3 Å². The highest BCUT2D eigenvalue weighted by Crippen LogP contribution is 2.59. The van der Waals surface area contributed by atoms with Crippen LogP contribution in [0.25, 0.3) is 0 Å². The predicted octanol–water partition coefficient (Wildman–Crippen LogP) is 2.75. The number of aliphatic hydroxyl groups excluding tert-OH is 1. The van der Waals surface area contributed by atoms with Crippen molar-refractivity contribution in [3.05, 3.63) is 0 Å². The highest BCUT2D eigenvalue weighted by atomic mass is 32.2. The molecule has 0 amide bonds. The van der Waals surface area contributed by atoms with Gasteiger partial charge in [-0.15, -0.1) is 0 Å². The van der Waals surface area contributed by atoms with Crippen LogP contribution < -0.4 is 0 Å². The fourth-order valence-corrected chi connectivity index (χ4v) is 6.23. The van der Waals surface area contributed by atoms with Crippen molar-refractivity contribution in [1.82, 2.24) is 0 Å². The van der Waals surface area contributed by atoms with Crippen LogP contribution in [0, 0.1) is 29.1 Å². The number of ether oxygens (including phenoxy) is 1. The summed E-state index contributed by atoms with van der Waals surface area (Å²) in [4.78, 5) is 11.0. The Balaban J connectivity index is 2.05. The molecular formula is C19H34O6S. The molecule has 2 fully saturated rings. The number of rotatable bonds is 8. The van der Waals surface area contributed by atoms with Crippen molar-refractivity contribution in [2.24, 2.45) is 29.1 Å². The van der Waals surface area contributed by atoms with E-state index in [-0.39, 0.29) is 42.5 Å². The molecule has 0 spiro atoms. The standard InChI is InChI=1S/C19H34O6S/c1-13(10-15(11-20)12-24-14(2)21)16-7-8-17-18(25-26(4,22)23)6-5-9-19(16,17)3/h13,15-18,20H,5-12H2,1-4H3/t13-,15+,16-,17?,18+,19-/m1/s1. The molecule has 0 saturated heterocycles. The van der Waals surface area contributed by atoms with E-state index in [1.165, 1.54) is 6.92 Å². The fourth-order valence-electron chi connectivity index (χ4n) is 5.55. The van der Waals surface area contributed by atoms with E-state index in [2.05, 4.69) is 13.8 Å². The molecule has 0 aromatic carbocycles. The number of carbonyl (C=O) groups excluding carboxylic acids is 1. The summed E-state index contributed by atoms with van der Waals surface area (Å²) in [7, 11) is -3.45. The Morgan fingerprint density at radius 1 is 1.31 bits per heavy atom. The molecule has 7 heteroatoms. The van der Waals surface area contributed by atoms with Crippen molar-refractivity contribution in [2.45, 2.75) is 65.4 Å². The van der Waals surface area contributed by atoms with Gasteiger partial charge in [-0.1, -0.05) is 20.3 Å². The molecule has 0 heterocycles. The Kier molecular flexibility index (Phi) is 7.13. The molecule has 2 saturated carbocycles. The van der Waals surface area contributed by atoms with E-state index < -0.39 is 10.1 Å². The van der Waals surface area contributed by atoms with Gasteiger partial charge >= 0.3 is 5.97 Å². The summed E-state index contributed by atoms with van der Waals surface area (Å²) in [6, 6.07) is 0. The number of aliphatic hydroxyl groups is 1. The van der Waals surface area contributed by atoms with Gasteiger partial charge < -0.3 is 9.84 Å². The number of esters is 1. The Bertz CT molecular complexity index is 589. The minimum absolute atomic E-state index is 0.00426. The molecule has 1 N–H and O–H groups in total. The van der Waals surface area contributed by atoms with Crippen LogP contribution in [-0.4, -0.2) is 45.1 Å². The van der Waals surface area contributed by atoms with Crippen LogP contribution in [-0.2, 0) is 23.8 Å². The smallest absolute Gasteiger partial charge is 0.302 e. The molecule has 2 rings (SSSR count). The topological polar surface area (TPSA) is 89.9 Å². The van der Waals surface area contributed by atoms with E-state index in [0.717, 1.165) is 44.8 Å². The van der Waals surface area contributed by atoms with Gasteiger partial charge in [-0.25, -0.2) is 0 Å². The molecule has 6 nitrogen and oxygen atoms in total. The maximum Gasteiger partial charge on any atom is 0.302 e. The number of hydrogen-bond acceptors (Lipinski definition) is 6. The predicted molar refractivity (Wildman–Crippen MR) is 98.9 cm³/mol. The van der Waals surface area contributed by atoms with Crippen molar-refractivity contribution in [1.29, 1.82) is 0 Å². The number of carbonyl (C=O) groups is 1. The minimum Gasteiger partial charge on any atom is -0.465 e. The van der Waals surface area contributed by atoms with Gasteiger partial charge in [0.05, 0.1) is 19.0 Å². The quantitative estimate of drug-likeness (QED) is 0.506. The van der Waals surface area contributed by atoms with Crippen molar-refractivity contribution in [3.63, 3.8) is 0 Å². The van der Waals surface area contributed by atoms with Gasteiger partial charge in [0.15, 0.2) is 0 Å². The van der Waals surface area contributed by atoms with E-state index >= 15 is 0 Å². The SMILES string of the molecule is CC(=O)OC[C@H](CO)C[C@@H](C)[C@H]1CCC2[C@@H](OS(C)(=O)=O)CCC[C@@]21C. The van der Waals surface area contributed by atoms with Gasteiger partial charge in [-0.2, -0.15) is 8.42 Å². The lowest BCUT2D eigenvalue weighted by Gasteiger charge is -2.46. The van der Waals surface area contributed by atoms with Crippen molar-refractivity contribution >= 4 is 16.1 Å². The normalized spacial score (nSPS) is 34.1. The first-order valence-corrected chi connectivity index (χ1v) is 11.5. The molecule has 0 radical (unpaired) electrons. The maximum atomic E-state index is 11.6. The van der Waals surface area contributed by atoms with Crippen LogP contribution in [0.15, 0.2) is 0 Å². The first-order valence-electron chi connectivity index (χ1n) is 9.69. The van der Waals surface area contributed by atoms with Gasteiger partial charge in [0.1, 0.15) is 0 Å². The Morgan fingerprint density at radius 3 is 2.58 bits per heavy atom. The second kappa shape index (κ2) is 8.57. The maximum absolute atomic E-state index is 11.6. The van der Waals surface area contributed by atoms with Crippen molar-refractivity contribution in [3.8, 4) is 0 Å². The molecule has 0 aromatic rings. The summed E-state index contributed by atoms with van der Waals surface area (Å²) < 4.78 is 33.8. The van der Waals surface area contributed by atoms with Crippen molar-refractivity contribution < 1.29 is 27.2 Å². The Morgan fingerprint density at radius 2 is 2.00 bits per heavy atom. The highest BCUT2D eigenvalue weighted by Gasteiger charge is 2.53. The molecule has 26 heavy (non-hydrogen) atoms. The van der Waals surface area contributed by atoms with Crippen LogP contribution >= 0.6 is 0 Å². The Labute approximate surface area is 157 Å². The molecule has 0 bridgehead atoms. The second-order valence-corrected chi connectivity index (χ2v) is 10.2. The van der Waals surface area contributed by atoms with Gasteiger partial charge in [0.2, 0.25) is 0 Å². The number of hydrogen-bond donors (Lipinski definition) is 1. The molecule has 152 valence electrons. The first-order chi connectivity index (χ1) is 12.1. The summed E-state index contributed by atoms with van der Waals surface area (Å²) in [5, 5.41) is 9.62. The van der Waals surface area contributed by atoms with Crippen LogP contribution in [0.2, 0.25) is 0 Å². The monoisotopic (exact) mass is 390 g/mol. The van der Waals surface area contributed by atoms with E-state index in [9.17, 15) is 18.3 Å². The van der Waals surface area contributed by atoms with Gasteiger partial charge in [-0.3, -0.25) is 8.98 Å². The van der Waals surface area contributed by atoms with Crippen LogP contribution in [0.4, 0.5) is 0 Å². The third-order valence-corrected chi connectivity index (χ3v) is 7.20. The first kappa shape index (κ1) is 21.6. The molecule has 0 aromatic heterocycles. The van der Waals surface area contributed by atoms with Crippen molar-refractivity contribution in [2.75, 3.05) is 19.5 Å². The summed E-state index contributed by atoms with van der Waals surface area (Å²) in [6.07, 6.45) is 6.63. The second-order valence-electron chi connectivity index (χ2n) is 8.59. The summed E-state index contributed by atoms with van der Waals surface area (Å²) in [5.74, 6) is 0.722. The summed E-state index contributed by atoms with van der Waals surface area (Å²) >= 11 is 0. The van der Waals surface area contributed by atoms with Gasteiger partial charge in [0.25, 0.3) is 10.1 Å². The van der Waals surface area contributed by atoms with E-state index in [0.29, 0.717) is 11.8 Å². The highest BCUT2D eigenvalue weighted by molar-refractivity contribution is 7.86. The zero-order chi connectivity index (χ0) is 19.5. The average Bonchev–Trinajstić information content (AvgIpc) is 2.87. The fraction of sp³-hybridized carbons (Fsp3) is 0.947. The summed E-state index contributed by atoms with van der Waals surface area (Å²) in [6.45, 7) is 6.12. The van der Waals surface area contributed by atoms with E-state index in [4.69, 9.17) is 8.92 Å². The number of fused-ring (bicyclic) bond motifs is 1. The third-order valence-electron chi connectivity index (χ3n) is 6.61. The summed E-state index contributed by atoms with van der Waals surface area (Å²) in [5.41, 5.74) is 0.0640. The lowest BCUT2D eigenvalue weighted by Crippen LogP contribution is -2.43. The third kappa shape index (κ3) is 5.20. The van der Waals surface area contributed by atoms with E-state index in [1.807, 2.05) is 0 Å².